The number of aliphatic imine (C=N–C) groups is 1. The average molecular weight is 646 g/mol. The summed E-state index contributed by atoms with van der Waals surface area (Å²) in [6.07, 6.45) is 3.10. The second-order valence-electron chi connectivity index (χ2n) is 12.3. The normalized spacial score (nSPS) is 23.3. The number of aromatic hydroxyl groups is 1. The topological polar surface area (TPSA) is 205 Å². The number of fused-ring (bicyclic) bond motifs is 1. The Morgan fingerprint density at radius 2 is 2.00 bits per heavy atom. The monoisotopic (exact) mass is 645 g/mol. The first kappa shape index (κ1) is 36.4. The van der Waals surface area contributed by atoms with Gasteiger partial charge in [-0.3, -0.25) is 14.6 Å². The molecule has 0 aromatic heterocycles. The number of benzene rings is 1. The van der Waals surface area contributed by atoms with Gasteiger partial charge in [0.1, 0.15) is 11.8 Å². The van der Waals surface area contributed by atoms with Crippen LogP contribution in [0.2, 0.25) is 0 Å². The van der Waals surface area contributed by atoms with Gasteiger partial charge in [0.25, 0.3) is 0 Å². The van der Waals surface area contributed by atoms with Gasteiger partial charge in [-0.1, -0.05) is 13.0 Å². The second-order valence-corrected chi connectivity index (χ2v) is 12.3. The van der Waals surface area contributed by atoms with E-state index in [-0.39, 0.29) is 61.9 Å². The summed E-state index contributed by atoms with van der Waals surface area (Å²) in [6.45, 7) is 6.81. The summed E-state index contributed by atoms with van der Waals surface area (Å²) in [7, 11) is 5.01. The third-order valence-corrected chi connectivity index (χ3v) is 9.43. The molecule has 1 aromatic rings. The molecule has 256 valence electrons. The number of amides is 3. The van der Waals surface area contributed by atoms with E-state index in [1.54, 1.807) is 26.1 Å². The van der Waals surface area contributed by atoms with E-state index in [2.05, 4.69) is 20.5 Å². The maximum Gasteiger partial charge on any atom is 0.414 e. The molecule has 46 heavy (non-hydrogen) atoms. The lowest BCUT2D eigenvalue weighted by Gasteiger charge is -2.59. The van der Waals surface area contributed by atoms with Gasteiger partial charge in [0.05, 0.1) is 12.7 Å². The largest absolute Gasteiger partial charge is 0.504 e. The van der Waals surface area contributed by atoms with Gasteiger partial charge >= 0.3 is 6.09 Å². The van der Waals surface area contributed by atoms with Crippen LogP contribution in [-0.4, -0.2) is 109 Å². The Labute approximate surface area is 271 Å². The Bertz CT molecular complexity index is 1330. The van der Waals surface area contributed by atoms with Crippen molar-refractivity contribution in [2.45, 2.75) is 82.4 Å². The van der Waals surface area contributed by atoms with Gasteiger partial charge in [-0.05, 0) is 64.4 Å². The van der Waals surface area contributed by atoms with Crippen LogP contribution in [-0.2, 0) is 19.7 Å². The summed E-state index contributed by atoms with van der Waals surface area (Å²) in [6, 6.07) is 2.54. The van der Waals surface area contributed by atoms with Crippen LogP contribution in [0.15, 0.2) is 29.0 Å². The molecule has 3 amide bonds. The van der Waals surface area contributed by atoms with Gasteiger partial charge in [-0.25, -0.2) is 4.79 Å². The van der Waals surface area contributed by atoms with Crippen LogP contribution >= 0.6 is 0 Å². The van der Waals surface area contributed by atoms with Crippen LogP contribution in [0.1, 0.15) is 63.5 Å². The summed E-state index contributed by atoms with van der Waals surface area (Å²) >= 11 is 0. The summed E-state index contributed by atoms with van der Waals surface area (Å²) in [5.41, 5.74) is 9.90. The van der Waals surface area contributed by atoms with E-state index >= 15 is 0 Å². The summed E-state index contributed by atoms with van der Waals surface area (Å²) in [4.78, 5) is 45.4. The van der Waals surface area contributed by atoms with Crippen molar-refractivity contribution in [3.05, 3.63) is 35.1 Å². The molecule has 0 bridgehead atoms. The Kier molecular flexibility index (Phi) is 12.3. The van der Waals surface area contributed by atoms with E-state index in [0.29, 0.717) is 49.4 Å². The second kappa shape index (κ2) is 15.5. The van der Waals surface area contributed by atoms with Gasteiger partial charge in [0.2, 0.25) is 11.8 Å². The third-order valence-electron chi connectivity index (χ3n) is 9.43. The number of aryl methyl sites for hydroxylation is 1. The minimum atomic E-state index is -1.26. The van der Waals surface area contributed by atoms with Crippen LogP contribution in [0.4, 0.5) is 4.79 Å². The first-order valence-corrected chi connectivity index (χ1v) is 15.7. The number of guanidine groups is 1. The number of piperidine rings is 1. The highest BCUT2D eigenvalue weighted by atomic mass is 16.6. The number of nitrogens with two attached hydrogens (primary N) is 2. The zero-order valence-corrected chi connectivity index (χ0v) is 27.9. The molecule has 1 aliphatic carbocycles. The molecule has 0 radical (unpaired) electrons. The number of hydrogen-bond acceptors (Lipinski definition) is 9. The maximum atomic E-state index is 13.2. The first-order chi connectivity index (χ1) is 21.7. The number of ether oxygens (including phenoxy) is 2. The van der Waals surface area contributed by atoms with Crippen molar-refractivity contribution in [2.24, 2.45) is 16.5 Å². The number of carbonyl (C=O) groups is 3. The number of likely N-dealkylation sites (tertiary alicyclic amines) is 1. The van der Waals surface area contributed by atoms with Crippen molar-refractivity contribution in [1.82, 2.24) is 20.4 Å². The fourth-order valence-electron chi connectivity index (χ4n) is 6.56. The average Bonchev–Trinajstić information content (AvgIpc) is 3.01. The van der Waals surface area contributed by atoms with Crippen molar-refractivity contribution in [1.29, 1.82) is 0 Å². The Balaban J connectivity index is 1.70. The SMILES string of the molecule is CCC(=O)NC(CCCN=C(N)N)C(=O)NCCN(C)C(=O)OC1=CCC2(O)C(C)N(C)CCC2(c2c(C)ccc(OC)c2O)C1. The number of methoxy groups -OCH3 is 1. The van der Waals surface area contributed by atoms with E-state index in [1.807, 2.05) is 27.0 Å². The lowest BCUT2D eigenvalue weighted by molar-refractivity contribution is -0.134. The van der Waals surface area contributed by atoms with Gasteiger partial charge in [-0.15, -0.1) is 0 Å². The van der Waals surface area contributed by atoms with Gasteiger partial charge < -0.3 is 51.6 Å². The highest BCUT2D eigenvalue weighted by Gasteiger charge is 2.61. The molecular weight excluding hydrogens is 594 g/mol. The van der Waals surface area contributed by atoms with E-state index in [0.717, 1.165) is 5.56 Å². The molecule has 4 atom stereocenters. The fraction of sp³-hybridized carbons (Fsp3) is 0.625. The summed E-state index contributed by atoms with van der Waals surface area (Å²) in [5.74, 6) is -0.00406. The van der Waals surface area contributed by atoms with Crippen LogP contribution in [0.25, 0.3) is 0 Å². The minimum Gasteiger partial charge on any atom is -0.504 e. The van der Waals surface area contributed by atoms with Crippen LogP contribution in [0.3, 0.4) is 0 Å². The Hall–Kier alpha value is -4.04. The quantitative estimate of drug-likeness (QED) is 0.103. The molecular formula is C32H51N7O7. The maximum absolute atomic E-state index is 13.2. The Morgan fingerprint density at radius 1 is 1.28 bits per heavy atom. The third kappa shape index (κ3) is 7.84. The van der Waals surface area contributed by atoms with Crippen molar-refractivity contribution < 1.29 is 34.1 Å². The number of phenols is 1. The molecule has 1 saturated heterocycles. The molecule has 8 N–H and O–H groups in total. The van der Waals surface area contributed by atoms with E-state index in [9.17, 15) is 24.6 Å². The van der Waals surface area contributed by atoms with Gasteiger partial charge in [-0.2, -0.15) is 0 Å². The molecule has 1 aliphatic heterocycles. The number of aliphatic hydroxyl groups is 1. The number of likely N-dealkylation sites (N-methyl/N-ethyl adjacent to an activating group) is 2. The zero-order chi connectivity index (χ0) is 34.2. The summed E-state index contributed by atoms with van der Waals surface area (Å²) in [5, 5.41) is 29.1. The molecule has 14 nitrogen and oxygen atoms in total. The van der Waals surface area contributed by atoms with Crippen molar-refractivity contribution in [3.63, 3.8) is 0 Å². The lowest BCUT2D eigenvalue weighted by atomic mass is 9.54. The number of rotatable bonds is 13. The first-order valence-electron chi connectivity index (χ1n) is 15.7. The number of nitrogens with one attached hydrogen (secondary N) is 2. The minimum absolute atomic E-state index is 0.0252. The molecule has 14 heteroatoms. The molecule has 1 heterocycles. The molecule has 3 rings (SSSR count). The highest BCUT2D eigenvalue weighted by Crippen LogP contribution is 2.57. The number of hydrogen-bond donors (Lipinski definition) is 6. The van der Waals surface area contributed by atoms with E-state index in [1.165, 1.54) is 12.0 Å². The lowest BCUT2D eigenvalue weighted by Crippen LogP contribution is -2.68. The standard InChI is InChI=1S/C32H51N7O7/c1-7-25(40)37-23(9-8-15-36-29(33)34)28(42)35-16-18-39(5)30(43)46-22-12-13-32(44)21(3)38(4)17-14-31(32,19-22)26-20(2)10-11-24(45-6)27(26)41/h10-12,21,23,41,44H,7-9,13-19H2,1-6H3,(H,35,42)(H,37,40)(H4,33,34,36). The number of phenolic OH excluding ortho intramolecular Hbond substituents is 1. The summed E-state index contributed by atoms with van der Waals surface area (Å²) < 4.78 is 11.3. The van der Waals surface area contributed by atoms with Crippen LogP contribution in [0.5, 0.6) is 11.5 Å². The van der Waals surface area contributed by atoms with E-state index < -0.39 is 23.2 Å². The predicted molar refractivity (Wildman–Crippen MR) is 174 cm³/mol. The molecule has 0 spiro atoms. The Morgan fingerprint density at radius 3 is 2.65 bits per heavy atom. The predicted octanol–water partition coefficient (Wildman–Crippen LogP) is 1.21. The number of nitrogens with zero attached hydrogens (tertiary/aromatic N) is 3. The fourth-order valence-corrected chi connectivity index (χ4v) is 6.56. The number of allylic oxidation sites excluding steroid dienone is 1. The van der Waals surface area contributed by atoms with Crippen molar-refractivity contribution >= 4 is 23.9 Å². The van der Waals surface area contributed by atoms with Crippen LogP contribution < -0.4 is 26.8 Å². The molecule has 0 saturated carbocycles. The van der Waals surface area contributed by atoms with Crippen molar-refractivity contribution in [2.75, 3.05) is 47.4 Å². The molecule has 2 aliphatic rings. The van der Waals surface area contributed by atoms with Crippen molar-refractivity contribution in [3.8, 4) is 11.5 Å². The number of carbonyl (C=O) groups excluding carboxylic acids is 3. The smallest absolute Gasteiger partial charge is 0.414 e. The molecule has 4 unspecified atom stereocenters. The van der Waals surface area contributed by atoms with Gasteiger partial charge in [0, 0.05) is 63.0 Å². The van der Waals surface area contributed by atoms with Crippen LogP contribution in [0, 0.1) is 6.92 Å². The molecule has 1 aromatic carbocycles. The zero-order valence-electron chi connectivity index (χ0n) is 27.9. The highest BCUT2D eigenvalue weighted by molar-refractivity contribution is 5.87. The van der Waals surface area contributed by atoms with Gasteiger partial charge in [0.15, 0.2) is 17.5 Å². The van der Waals surface area contributed by atoms with E-state index in [4.69, 9.17) is 20.9 Å². The molecule has 1 fully saturated rings.